The number of para-hydroxylation sites is 1. The Hall–Kier alpha value is -3.82. The highest BCUT2D eigenvalue weighted by Crippen LogP contribution is 2.28. The average molecular weight is 523 g/mol. The number of hydrazone groups is 1. The number of hydrogen-bond acceptors (Lipinski definition) is 7. The van der Waals surface area contributed by atoms with E-state index in [1.165, 1.54) is 10.8 Å². The van der Waals surface area contributed by atoms with Gasteiger partial charge in [-0.2, -0.15) is 5.10 Å². The van der Waals surface area contributed by atoms with Gasteiger partial charge in [-0.1, -0.05) is 41.6 Å². The number of halogens is 1. The summed E-state index contributed by atoms with van der Waals surface area (Å²) in [5, 5.41) is 5.24. The molecule has 0 unspecified atom stereocenters. The molecule has 0 aliphatic carbocycles. The van der Waals surface area contributed by atoms with Crippen LogP contribution in [0, 0.1) is 6.92 Å². The highest BCUT2D eigenvalue weighted by Gasteiger charge is 2.17. The molecule has 3 aromatic carbocycles. The molecule has 1 N–H and O–H groups in total. The lowest BCUT2D eigenvalue weighted by Crippen LogP contribution is -2.24. The fraction of sp³-hybridized carbons (Fsp3) is 0.154. The predicted octanol–water partition coefficient (Wildman–Crippen LogP) is 4.61. The minimum atomic E-state index is -0.360. The van der Waals surface area contributed by atoms with E-state index in [4.69, 9.17) is 21.1 Å². The van der Waals surface area contributed by atoms with Crippen molar-refractivity contribution in [3.8, 4) is 17.2 Å². The van der Waals surface area contributed by atoms with E-state index in [2.05, 4.69) is 15.5 Å². The fourth-order valence-corrected chi connectivity index (χ4v) is 4.49. The van der Waals surface area contributed by atoms with Gasteiger partial charge in [0.25, 0.3) is 11.5 Å². The van der Waals surface area contributed by atoms with Crippen molar-refractivity contribution in [2.45, 2.75) is 12.1 Å². The van der Waals surface area contributed by atoms with Crippen LogP contribution in [0.4, 0.5) is 0 Å². The molecule has 1 amide bonds. The number of nitrogens with zero attached hydrogens (tertiary/aromatic N) is 3. The van der Waals surface area contributed by atoms with Gasteiger partial charge in [0.1, 0.15) is 0 Å². The van der Waals surface area contributed by atoms with Crippen LogP contribution >= 0.6 is 23.4 Å². The van der Waals surface area contributed by atoms with Crippen molar-refractivity contribution >= 4 is 46.4 Å². The van der Waals surface area contributed by atoms with E-state index in [1.807, 2.05) is 25.1 Å². The smallest absolute Gasteiger partial charge is 0.266 e. The third kappa shape index (κ3) is 5.53. The third-order valence-electron chi connectivity index (χ3n) is 5.23. The van der Waals surface area contributed by atoms with Gasteiger partial charge in [0.05, 0.1) is 47.8 Å². The van der Waals surface area contributed by atoms with Crippen molar-refractivity contribution in [3.63, 3.8) is 0 Å². The molecule has 36 heavy (non-hydrogen) atoms. The molecule has 4 rings (SSSR count). The number of amides is 1. The van der Waals surface area contributed by atoms with Crippen molar-refractivity contribution in [2.75, 3.05) is 20.0 Å². The zero-order valence-corrected chi connectivity index (χ0v) is 21.4. The lowest BCUT2D eigenvalue weighted by atomic mass is 10.2. The summed E-state index contributed by atoms with van der Waals surface area (Å²) in [7, 11) is 3.10. The molecular formula is C26H23ClN4O4S. The summed E-state index contributed by atoms with van der Waals surface area (Å²) in [6.45, 7) is 1.91. The SMILES string of the molecule is COc1ccc(/C=N\NC(=O)CSc2nc3ccccc3c(=O)n2-c2cc(C)ccc2Cl)cc1OC. The van der Waals surface area contributed by atoms with Crippen molar-refractivity contribution in [1.29, 1.82) is 0 Å². The van der Waals surface area contributed by atoms with Crippen LogP contribution in [-0.4, -0.2) is 41.6 Å². The first kappa shape index (κ1) is 25.3. The first-order valence-corrected chi connectivity index (χ1v) is 12.2. The topological polar surface area (TPSA) is 94.8 Å². The van der Waals surface area contributed by atoms with Crippen LogP contribution in [0.5, 0.6) is 11.5 Å². The Bertz CT molecular complexity index is 1520. The van der Waals surface area contributed by atoms with Crippen molar-refractivity contribution in [1.82, 2.24) is 15.0 Å². The Morgan fingerprint density at radius 3 is 2.67 bits per heavy atom. The van der Waals surface area contributed by atoms with Crippen LogP contribution in [0.15, 0.2) is 75.7 Å². The first-order valence-electron chi connectivity index (χ1n) is 10.9. The maximum atomic E-state index is 13.4. The number of aromatic nitrogens is 2. The lowest BCUT2D eigenvalue weighted by molar-refractivity contribution is -0.118. The minimum absolute atomic E-state index is 0.0164. The number of nitrogens with one attached hydrogen (secondary N) is 1. The van der Waals surface area contributed by atoms with Crippen LogP contribution in [0.2, 0.25) is 5.02 Å². The highest BCUT2D eigenvalue weighted by molar-refractivity contribution is 7.99. The van der Waals surface area contributed by atoms with Crippen LogP contribution in [0.1, 0.15) is 11.1 Å². The summed E-state index contributed by atoms with van der Waals surface area (Å²) in [6, 6.07) is 17.8. The van der Waals surface area contributed by atoms with Gasteiger partial charge < -0.3 is 9.47 Å². The van der Waals surface area contributed by atoms with Crippen molar-refractivity contribution < 1.29 is 14.3 Å². The largest absolute Gasteiger partial charge is 0.493 e. The molecule has 0 radical (unpaired) electrons. The monoisotopic (exact) mass is 522 g/mol. The fourth-order valence-electron chi connectivity index (χ4n) is 3.49. The Kier molecular flexibility index (Phi) is 7.92. The Balaban J connectivity index is 1.56. The Labute approximate surface area is 216 Å². The molecule has 0 spiro atoms. The second-order valence-electron chi connectivity index (χ2n) is 7.70. The van der Waals surface area contributed by atoms with Gasteiger partial charge in [-0.05, 0) is 60.5 Å². The van der Waals surface area contributed by atoms with Crippen LogP contribution in [0.3, 0.4) is 0 Å². The predicted molar refractivity (Wildman–Crippen MR) is 143 cm³/mol. The number of aryl methyl sites for hydroxylation is 1. The normalized spacial score (nSPS) is 11.1. The summed E-state index contributed by atoms with van der Waals surface area (Å²) >= 11 is 7.57. The number of carbonyl (C=O) groups excluding carboxylic acids is 1. The summed E-state index contributed by atoms with van der Waals surface area (Å²) in [4.78, 5) is 30.6. The number of fused-ring (bicyclic) bond motifs is 1. The number of ether oxygens (including phenoxy) is 2. The molecule has 184 valence electrons. The number of hydrogen-bond donors (Lipinski definition) is 1. The highest BCUT2D eigenvalue weighted by atomic mass is 35.5. The summed E-state index contributed by atoms with van der Waals surface area (Å²) in [5.41, 5.74) is 4.94. The summed E-state index contributed by atoms with van der Waals surface area (Å²) < 4.78 is 11.9. The number of thioether (sulfide) groups is 1. The zero-order valence-electron chi connectivity index (χ0n) is 19.8. The zero-order chi connectivity index (χ0) is 25.7. The molecule has 0 saturated carbocycles. The molecule has 4 aromatic rings. The van der Waals surface area contributed by atoms with Crippen LogP contribution in [-0.2, 0) is 4.79 Å². The quantitative estimate of drug-likeness (QED) is 0.157. The van der Waals surface area contributed by atoms with E-state index < -0.39 is 0 Å². The van der Waals surface area contributed by atoms with Gasteiger partial charge in [-0.25, -0.2) is 10.4 Å². The Morgan fingerprint density at radius 1 is 1.11 bits per heavy atom. The number of benzene rings is 3. The van der Waals surface area contributed by atoms with E-state index in [1.54, 1.807) is 56.7 Å². The number of carbonyl (C=O) groups is 1. The molecule has 0 fully saturated rings. The maximum Gasteiger partial charge on any atom is 0.266 e. The molecule has 0 saturated heterocycles. The molecule has 1 heterocycles. The molecule has 0 aliphatic heterocycles. The molecule has 1 aromatic heterocycles. The molecule has 8 nitrogen and oxygen atoms in total. The second kappa shape index (κ2) is 11.3. The number of rotatable bonds is 8. The lowest BCUT2D eigenvalue weighted by Gasteiger charge is -2.14. The molecule has 0 bridgehead atoms. The van der Waals surface area contributed by atoms with E-state index in [0.717, 1.165) is 22.9 Å². The van der Waals surface area contributed by atoms with E-state index in [-0.39, 0.29) is 17.2 Å². The van der Waals surface area contributed by atoms with E-state index >= 15 is 0 Å². The van der Waals surface area contributed by atoms with Gasteiger partial charge in [0.15, 0.2) is 16.7 Å². The maximum absolute atomic E-state index is 13.4. The molecular weight excluding hydrogens is 500 g/mol. The Morgan fingerprint density at radius 2 is 1.89 bits per heavy atom. The second-order valence-corrected chi connectivity index (χ2v) is 9.05. The van der Waals surface area contributed by atoms with Gasteiger partial charge in [0.2, 0.25) is 0 Å². The summed E-state index contributed by atoms with van der Waals surface area (Å²) in [5.74, 6) is 0.773. The van der Waals surface area contributed by atoms with Gasteiger partial charge >= 0.3 is 0 Å². The van der Waals surface area contributed by atoms with Crippen molar-refractivity contribution in [2.24, 2.45) is 5.10 Å². The van der Waals surface area contributed by atoms with Gasteiger partial charge in [-0.3, -0.25) is 14.2 Å². The molecule has 0 aliphatic rings. The van der Waals surface area contributed by atoms with E-state index in [0.29, 0.717) is 38.3 Å². The van der Waals surface area contributed by atoms with Gasteiger partial charge in [-0.15, -0.1) is 0 Å². The molecule has 10 heteroatoms. The van der Waals surface area contributed by atoms with E-state index in [9.17, 15) is 9.59 Å². The van der Waals surface area contributed by atoms with Crippen LogP contribution < -0.4 is 20.5 Å². The van der Waals surface area contributed by atoms with Crippen LogP contribution in [0.25, 0.3) is 16.6 Å². The van der Waals surface area contributed by atoms with Gasteiger partial charge in [0, 0.05) is 0 Å². The summed E-state index contributed by atoms with van der Waals surface area (Å²) in [6.07, 6.45) is 1.50. The third-order valence-corrected chi connectivity index (χ3v) is 6.49. The average Bonchev–Trinajstić information content (AvgIpc) is 2.89. The first-order chi connectivity index (χ1) is 17.4. The molecule has 0 atom stereocenters. The number of methoxy groups -OCH3 is 2. The minimum Gasteiger partial charge on any atom is -0.493 e. The van der Waals surface area contributed by atoms with Crippen molar-refractivity contribution in [3.05, 3.63) is 87.2 Å². The standard InChI is InChI=1S/C26H23ClN4O4S/c1-16-8-10-19(27)21(12-16)31-25(33)18-6-4-5-7-20(18)29-26(31)36-15-24(32)30-28-14-17-9-11-22(34-2)23(13-17)35-3/h4-14H,15H2,1-3H3,(H,30,32)/b28-14-.